The van der Waals surface area contributed by atoms with Gasteiger partial charge in [-0.25, -0.2) is 0 Å². The number of tetrazole rings is 1. The second-order valence-electron chi connectivity index (χ2n) is 3.57. The van der Waals surface area contributed by atoms with E-state index < -0.39 is 0 Å². The number of aromatic nitrogens is 4. The van der Waals surface area contributed by atoms with Crippen molar-refractivity contribution in [2.24, 2.45) is 0 Å². The Morgan fingerprint density at radius 1 is 1.60 bits per heavy atom. The highest BCUT2D eigenvalue weighted by atomic mass is 16.3. The number of hydrogen-bond donors (Lipinski definition) is 2. The number of aliphatic hydroxyl groups is 1. The largest absolute Gasteiger partial charge is 0.394 e. The summed E-state index contributed by atoms with van der Waals surface area (Å²) < 4.78 is 0. The summed E-state index contributed by atoms with van der Waals surface area (Å²) in [4.78, 5) is 13.5. The van der Waals surface area contributed by atoms with Crippen LogP contribution in [0.5, 0.6) is 0 Å². The van der Waals surface area contributed by atoms with E-state index in [0.717, 1.165) is 19.3 Å². The van der Waals surface area contributed by atoms with Crippen molar-refractivity contribution >= 4 is 5.91 Å². The molecule has 1 aromatic heterocycles. The molecular formula is C8H13N5O2. The summed E-state index contributed by atoms with van der Waals surface area (Å²) in [7, 11) is 0. The summed E-state index contributed by atoms with van der Waals surface area (Å²) in [5.41, 5.74) is 0. The van der Waals surface area contributed by atoms with Crippen LogP contribution in [0.1, 0.15) is 29.9 Å². The molecule has 0 radical (unpaired) electrons. The van der Waals surface area contributed by atoms with Gasteiger partial charge in [0.05, 0.1) is 12.6 Å². The van der Waals surface area contributed by atoms with Crippen molar-refractivity contribution in [2.75, 3.05) is 13.2 Å². The zero-order chi connectivity index (χ0) is 10.7. The van der Waals surface area contributed by atoms with Gasteiger partial charge < -0.3 is 10.0 Å². The number of H-pyrrole nitrogens is 1. The quantitative estimate of drug-likeness (QED) is 0.666. The smallest absolute Gasteiger partial charge is 0.295 e. The monoisotopic (exact) mass is 211 g/mol. The number of rotatable bonds is 2. The van der Waals surface area contributed by atoms with E-state index in [4.69, 9.17) is 5.11 Å². The molecule has 1 aliphatic rings. The first kappa shape index (κ1) is 10.0. The van der Waals surface area contributed by atoms with Gasteiger partial charge in [-0.1, -0.05) is 0 Å². The predicted molar refractivity (Wildman–Crippen MR) is 49.9 cm³/mol. The standard InChI is InChI=1S/C8H13N5O2/c14-5-6-3-1-2-4-13(6)8(15)7-9-11-12-10-7/h6,14H,1-5H2,(H,9,10,11,12). The van der Waals surface area contributed by atoms with Gasteiger partial charge in [0.15, 0.2) is 0 Å². The fourth-order valence-electron chi connectivity index (χ4n) is 1.84. The number of aromatic amines is 1. The van der Waals surface area contributed by atoms with E-state index in [1.165, 1.54) is 0 Å². The minimum absolute atomic E-state index is 0.0103. The number of amides is 1. The van der Waals surface area contributed by atoms with Crippen molar-refractivity contribution in [3.05, 3.63) is 5.82 Å². The van der Waals surface area contributed by atoms with Crippen molar-refractivity contribution in [1.82, 2.24) is 25.5 Å². The van der Waals surface area contributed by atoms with Crippen LogP contribution in [0.15, 0.2) is 0 Å². The number of carbonyl (C=O) groups is 1. The molecular weight excluding hydrogens is 198 g/mol. The van der Waals surface area contributed by atoms with Crippen LogP contribution in [0.25, 0.3) is 0 Å². The average Bonchev–Trinajstić information content (AvgIpc) is 2.81. The first-order valence-electron chi connectivity index (χ1n) is 4.98. The Hall–Kier alpha value is -1.50. The summed E-state index contributed by atoms with van der Waals surface area (Å²) in [6.45, 7) is 0.641. The van der Waals surface area contributed by atoms with Crippen LogP contribution in [0.2, 0.25) is 0 Å². The molecule has 7 heteroatoms. The molecule has 82 valence electrons. The number of nitrogens with zero attached hydrogens (tertiary/aromatic N) is 4. The Bertz CT molecular complexity index is 326. The maximum Gasteiger partial charge on any atom is 0.295 e. The molecule has 1 saturated heterocycles. The molecule has 2 rings (SSSR count). The molecule has 0 aromatic carbocycles. The minimum atomic E-state index is -0.262. The van der Waals surface area contributed by atoms with Crippen molar-refractivity contribution < 1.29 is 9.90 Å². The lowest BCUT2D eigenvalue weighted by atomic mass is 10.0. The predicted octanol–water partition coefficient (Wildman–Crippen LogP) is -0.813. The Labute approximate surface area is 86.5 Å². The Kier molecular flexibility index (Phi) is 2.91. The van der Waals surface area contributed by atoms with E-state index >= 15 is 0 Å². The number of aliphatic hydroxyl groups excluding tert-OH is 1. The number of carbonyl (C=O) groups excluding carboxylic acids is 1. The zero-order valence-corrected chi connectivity index (χ0v) is 8.26. The summed E-state index contributed by atoms with van der Waals surface area (Å²) in [5, 5.41) is 22.0. The molecule has 0 aliphatic carbocycles. The van der Waals surface area contributed by atoms with Crippen LogP contribution in [-0.4, -0.2) is 55.7 Å². The van der Waals surface area contributed by atoms with Gasteiger partial charge >= 0.3 is 0 Å². The molecule has 1 unspecified atom stereocenters. The molecule has 1 atom stereocenters. The lowest BCUT2D eigenvalue weighted by Crippen LogP contribution is -2.46. The van der Waals surface area contributed by atoms with E-state index in [0.29, 0.717) is 6.54 Å². The van der Waals surface area contributed by atoms with E-state index in [1.54, 1.807) is 4.90 Å². The first-order chi connectivity index (χ1) is 7.33. The van der Waals surface area contributed by atoms with Gasteiger partial charge in [0, 0.05) is 6.54 Å². The van der Waals surface area contributed by atoms with Crippen molar-refractivity contribution in [2.45, 2.75) is 25.3 Å². The third-order valence-electron chi connectivity index (χ3n) is 2.64. The van der Waals surface area contributed by atoms with Gasteiger partial charge in [-0.2, -0.15) is 5.21 Å². The molecule has 15 heavy (non-hydrogen) atoms. The molecule has 0 spiro atoms. The number of hydrogen-bond acceptors (Lipinski definition) is 5. The summed E-state index contributed by atoms with van der Waals surface area (Å²) in [6, 6.07) is -0.107. The number of piperidine rings is 1. The molecule has 2 heterocycles. The Morgan fingerprint density at radius 3 is 3.13 bits per heavy atom. The molecule has 7 nitrogen and oxygen atoms in total. The summed E-state index contributed by atoms with van der Waals surface area (Å²) in [6.07, 6.45) is 2.83. The molecule has 0 saturated carbocycles. The third-order valence-corrected chi connectivity index (χ3v) is 2.64. The van der Waals surface area contributed by atoms with Crippen LogP contribution >= 0.6 is 0 Å². The van der Waals surface area contributed by atoms with Crippen LogP contribution in [-0.2, 0) is 0 Å². The van der Waals surface area contributed by atoms with Crippen LogP contribution in [0.4, 0.5) is 0 Å². The van der Waals surface area contributed by atoms with Crippen LogP contribution < -0.4 is 0 Å². The molecule has 1 amide bonds. The SMILES string of the molecule is O=C(c1nn[nH]n1)N1CCCCC1CO. The van der Waals surface area contributed by atoms with Crippen LogP contribution in [0, 0.1) is 0 Å². The first-order valence-corrected chi connectivity index (χ1v) is 4.98. The van der Waals surface area contributed by atoms with Gasteiger partial charge in [-0.15, -0.1) is 10.2 Å². The van der Waals surface area contributed by atoms with Crippen molar-refractivity contribution in [3.8, 4) is 0 Å². The highest BCUT2D eigenvalue weighted by Crippen LogP contribution is 2.17. The van der Waals surface area contributed by atoms with Crippen LogP contribution in [0.3, 0.4) is 0 Å². The summed E-state index contributed by atoms with van der Waals surface area (Å²) in [5.74, 6) is -0.196. The van der Waals surface area contributed by atoms with Gasteiger partial charge in [-0.05, 0) is 24.5 Å². The molecule has 1 aromatic rings. The second kappa shape index (κ2) is 4.35. The highest BCUT2D eigenvalue weighted by molar-refractivity contribution is 5.90. The fourth-order valence-corrected chi connectivity index (χ4v) is 1.84. The third kappa shape index (κ3) is 1.96. The maximum absolute atomic E-state index is 11.9. The van der Waals surface area contributed by atoms with E-state index in [9.17, 15) is 4.79 Å². The summed E-state index contributed by atoms with van der Waals surface area (Å²) >= 11 is 0. The highest BCUT2D eigenvalue weighted by Gasteiger charge is 2.28. The van der Waals surface area contributed by atoms with Gasteiger partial charge in [0.1, 0.15) is 0 Å². The van der Waals surface area contributed by atoms with Crippen molar-refractivity contribution in [1.29, 1.82) is 0 Å². The normalized spacial score (nSPS) is 21.7. The fraction of sp³-hybridized carbons (Fsp3) is 0.750. The number of nitrogens with one attached hydrogen (secondary N) is 1. The van der Waals surface area contributed by atoms with Gasteiger partial charge in [0.25, 0.3) is 11.7 Å². The lowest BCUT2D eigenvalue weighted by molar-refractivity contribution is 0.0491. The van der Waals surface area contributed by atoms with Gasteiger partial charge in [0.2, 0.25) is 0 Å². The minimum Gasteiger partial charge on any atom is -0.394 e. The Balaban J connectivity index is 2.11. The van der Waals surface area contributed by atoms with E-state index in [-0.39, 0.29) is 24.4 Å². The molecule has 1 aliphatic heterocycles. The topological polar surface area (TPSA) is 95.0 Å². The number of likely N-dealkylation sites (tertiary alicyclic amines) is 1. The maximum atomic E-state index is 11.9. The van der Waals surface area contributed by atoms with Crippen molar-refractivity contribution in [3.63, 3.8) is 0 Å². The molecule has 1 fully saturated rings. The Morgan fingerprint density at radius 2 is 2.47 bits per heavy atom. The second-order valence-corrected chi connectivity index (χ2v) is 3.57. The molecule has 0 bridgehead atoms. The van der Waals surface area contributed by atoms with Gasteiger partial charge in [-0.3, -0.25) is 4.79 Å². The zero-order valence-electron chi connectivity index (χ0n) is 8.26. The lowest BCUT2D eigenvalue weighted by Gasteiger charge is -2.33. The molecule has 2 N–H and O–H groups in total. The van der Waals surface area contributed by atoms with E-state index in [1.807, 2.05) is 0 Å². The average molecular weight is 211 g/mol. The van der Waals surface area contributed by atoms with E-state index in [2.05, 4.69) is 20.6 Å².